The summed E-state index contributed by atoms with van der Waals surface area (Å²) >= 11 is 0. The summed E-state index contributed by atoms with van der Waals surface area (Å²) in [6.45, 7) is 0. The van der Waals surface area contributed by atoms with Crippen LogP contribution in [-0.2, 0) is 0 Å². The van der Waals surface area contributed by atoms with E-state index in [0.29, 0.717) is 11.1 Å². The number of para-hydroxylation sites is 2. The van der Waals surface area contributed by atoms with Gasteiger partial charge in [-0.15, -0.1) is 0 Å². The summed E-state index contributed by atoms with van der Waals surface area (Å²) in [6.07, 6.45) is 0. The predicted molar refractivity (Wildman–Crippen MR) is 88.8 cm³/mol. The number of rotatable bonds is 3. The Morgan fingerprint density at radius 3 is 2.42 bits per heavy atom. The molecule has 0 saturated heterocycles. The Morgan fingerprint density at radius 1 is 0.958 bits per heavy atom. The molecule has 4 rings (SSSR count). The van der Waals surface area contributed by atoms with E-state index in [1.165, 1.54) is 10.7 Å². The molecule has 2 heterocycles. The van der Waals surface area contributed by atoms with Crippen LogP contribution in [0, 0.1) is 0 Å². The monoisotopic (exact) mass is 320 g/mol. The number of aromatic nitrogens is 1. The highest BCUT2D eigenvalue weighted by Crippen LogP contribution is 2.21. The minimum absolute atomic E-state index is 0.0272. The molecule has 24 heavy (non-hydrogen) atoms. The molecule has 0 fully saturated rings. The Balaban J connectivity index is 1.76. The molecular formula is C18H12N2O4. The number of carboxylic acid groups (broad SMARTS) is 1. The molecule has 6 heteroatoms. The molecule has 6 nitrogen and oxygen atoms in total. The van der Waals surface area contributed by atoms with Crippen molar-refractivity contribution in [2.45, 2.75) is 0 Å². The third kappa shape index (κ3) is 2.21. The predicted octanol–water partition coefficient (Wildman–Crippen LogP) is 3.47. The fourth-order valence-corrected chi connectivity index (χ4v) is 2.68. The Hall–Kier alpha value is -3.54. The highest BCUT2D eigenvalue weighted by molar-refractivity contribution is 6.03. The quantitative estimate of drug-likeness (QED) is 0.605. The summed E-state index contributed by atoms with van der Waals surface area (Å²) in [5, 5.41) is 10.9. The van der Waals surface area contributed by atoms with Gasteiger partial charge in [-0.2, -0.15) is 0 Å². The number of nitrogens with one attached hydrogen (secondary N) is 1. The van der Waals surface area contributed by atoms with Gasteiger partial charge in [-0.05, 0) is 24.3 Å². The van der Waals surface area contributed by atoms with Crippen molar-refractivity contribution in [1.29, 1.82) is 0 Å². The van der Waals surface area contributed by atoms with E-state index in [1.54, 1.807) is 36.4 Å². The number of hydrogen-bond acceptors (Lipinski definition) is 3. The largest absolute Gasteiger partial charge is 0.477 e. The van der Waals surface area contributed by atoms with Crippen molar-refractivity contribution >= 4 is 33.7 Å². The smallest absolute Gasteiger partial charge is 0.354 e. The van der Waals surface area contributed by atoms with Gasteiger partial charge in [-0.3, -0.25) is 10.2 Å². The van der Waals surface area contributed by atoms with Crippen LogP contribution in [0.15, 0.2) is 65.1 Å². The number of hydrogen-bond donors (Lipinski definition) is 2. The molecule has 0 aliphatic heterocycles. The summed E-state index contributed by atoms with van der Waals surface area (Å²) in [5.74, 6) is -1.53. The Morgan fingerprint density at radius 2 is 1.67 bits per heavy atom. The number of amides is 1. The maximum Gasteiger partial charge on any atom is 0.354 e. The van der Waals surface area contributed by atoms with E-state index >= 15 is 0 Å². The molecule has 2 aromatic heterocycles. The van der Waals surface area contributed by atoms with Crippen LogP contribution < -0.4 is 5.43 Å². The topological polar surface area (TPSA) is 84.5 Å². The third-order valence-electron chi connectivity index (χ3n) is 3.79. The second kappa shape index (κ2) is 5.27. The third-order valence-corrected chi connectivity index (χ3v) is 3.79. The first kappa shape index (κ1) is 14.1. The second-order valence-corrected chi connectivity index (χ2v) is 5.32. The van der Waals surface area contributed by atoms with Gasteiger partial charge >= 0.3 is 11.9 Å². The standard InChI is InChI=1S/C18H12N2O4/c21-17(16-10-12-6-2-4-8-15(12)24-16)19-20-13-7-3-1-5-11(13)9-14(20)18(22)23/h1-10H,(H,19,21)(H,22,23). The van der Waals surface area contributed by atoms with Gasteiger partial charge in [0.15, 0.2) is 5.76 Å². The van der Waals surface area contributed by atoms with Crippen LogP contribution in [0.3, 0.4) is 0 Å². The van der Waals surface area contributed by atoms with E-state index in [-0.39, 0.29) is 11.5 Å². The average molecular weight is 320 g/mol. The van der Waals surface area contributed by atoms with Crippen LogP contribution in [0.2, 0.25) is 0 Å². The van der Waals surface area contributed by atoms with E-state index in [0.717, 1.165) is 10.8 Å². The number of carbonyl (C=O) groups is 2. The van der Waals surface area contributed by atoms with Crippen molar-refractivity contribution in [2.24, 2.45) is 0 Å². The van der Waals surface area contributed by atoms with Gasteiger partial charge in [0.05, 0.1) is 5.52 Å². The first-order valence-corrected chi connectivity index (χ1v) is 7.27. The first-order chi connectivity index (χ1) is 11.6. The lowest BCUT2D eigenvalue weighted by Gasteiger charge is -2.08. The van der Waals surface area contributed by atoms with E-state index in [9.17, 15) is 14.7 Å². The minimum Gasteiger partial charge on any atom is -0.477 e. The number of nitrogens with zero attached hydrogens (tertiary/aromatic N) is 1. The van der Waals surface area contributed by atoms with Crippen LogP contribution in [0.25, 0.3) is 21.9 Å². The normalized spacial score (nSPS) is 11.0. The Bertz CT molecular complexity index is 1060. The van der Waals surface area contributed by atoms with Gasteiger partial charge < -0.3 is 9.52 Å². The van der Waals surface area contributed by atoms with Gasteiger partial charge in [0, 0.05) is 10.8 Å². The highest BCUT2D eigenvalue weighted by atomic mass is 16.4. The summed E-state index contributed by atoms with van der Waals surface area (Å²) in [6, 6.07) is 17.5. The molecule has 2 aromatic carbocycles. The van der Waals surface area contributed by atoms with E-state index in [4.69, 9.17) is 4.42 Å². The summed E-state index contributed by atoms with van der Waals surface area (Å²) in [7, 11) is 0. The maximum atomic E-state index is 12.5. The Labute approximate surface area is 135 Å². The molecule has 1 amide bonds. The molecule has 0 saturated carbocycles. The summed E-state index contributed by atoms with van der Waals surface area (Å²) < 4.78 is 6.78. The lowest BCUT2D eigenvalue weighted by Crippen LogP contribution is -2.25. The number of carboxylic acids is 1. The van der Waals surface area contributed by atoms with Crippen LogP contribution in [0.5, 0.6) is 0 Å². The van der Waals surface area contributed by atoms with Gasteiger partial charge in [0.1, 0.15) is 11.3 Å². The highest BCUT2D eigenvalue weighted by Gasteiger charge is 2.19. The zero-order valence-electron chi connectivity index (χ0n) is 12.4. The van der Waals surface area contributed by atoms with Gasteiger partial charge in [-0.1, -0.05) is 36.4 Å². The second-order valence-electron chi connectivity index (χ2n) is 5.32. The number of fused-ring (bicyclic) bond motifs is 2. The molecule has 0 spiro atoms. The van der Waals surface area contributed by atoms with Crippen molar-refractivity contribution < 1.29 is 19.1 Å². The van der Waals surface area contributed by atoms with Crippen molar-refractivity contribution in [3.8, 4) is 0 Å². The van der Waals surface area contributed by atoms with Crippen molar-refractivity contribution in [3.63, 3.8) is 0 Å². The number of aromatic carboxylic acids is 1. The fraction of sp³-hybridized carbons (Fsp3) is 0. The van der Waals surface area contributed by atoms with Gasteiger partial charge in [0.2, 0.25) is 0 Å². The van der Waals surface area contributed by atoms with Crippen LogP contribution in [0.4, 0.5) is 0 Å². The average Bonchev–Trinajstić information content (AvgIpc) is 3.17. The zero-order chi connectivity index (χ0) is 16.7. The first-order valence-electron chi connectivity index (χ1n) is 7.27. The van der Waals surface area contributed by atoms with Crippen LogP contribution in [-0.4, -0.2) is 21.7 Å². The van der Waals surface area contributed by atoms with Crippen molar-refractivity contribution in [3.05, 3.63) is 72.1 Å². The summed E-state index contributed by atoms with van der Waals surface area (Å²) in [4.78, 5) is 23.9. The molecule has 0 bridgehead atoms. The van der Waals surface area contributed by atoms with Gasteiger partial charge in [0.25, 0.3) is 0 Å². The summed E-state index contributed by atoms with van der Waals surface area (Å²) in [5.41, 5.74) is 3.76. The van der Waals surface area contributed by atoms with Crippen molar-refractivity contribution in [2.75, 3.05) is 5.43 Å². The maximum absolute atomic E-state index is 12.5. The molecule has 2 N–H and O–H groups in total. The number of benzene rings is 2. The molecule has 118 valence electrons. The number of carbonyl (C=O) groups excluding carboxylic acids is 1. The minimum atomic E-state index is -1.13. The molecule has 0 atom stereocenters. The SMILES string of the molecule is O=C(Nn1c(C(=O)O)cc2ccccc21)c1cc2ccccc2o1. The van der Waals surface area contributed by atoms with E-state index in [2.05, 4.69) is 5.43 Å². The molecular weight excluding hydrogens is 308 g/mol. The molecule has 0 aliphatic rings. The van der Waals surface area contributed by atoms with E-state index in [1.807, 2.05) is 18.2 Å². The fourth-order valence-electron chi connectivity index (χ4n) is 2.68. The molecule has 4 aromatic rings. The molecule has 0 aliphatic carbocycles. The van der Waals surface area contributed by atoms with Crippen LogP contribution in [0.1, 0.15) is 21.0 Å². The van der Waals surface area contributed by atoms with Crippen molar-refractivity contribution in [1.82, 2.24) is 4.68 Å². The molecule has 0 unspecified atom stereocenters. The molecule has 0 radical (unpaired) electrons. The number of furan rings is 1. The lowest BCUT2D eigenvalue weighted by molar-refractivity contribution is 0.0687. The van der Waals surface area contributed by atoms with Crippen LogP contribution >= 0.6 is 0 Å². The lowest BCUT2D eigenvalue weighted by atomic mass is 10.2. The Kier molecular flexibility index (Phi) is 3.09. The zero-order valence-corrected chi connectivity index (χ0v) is 12.4. The van der Waals surface area contributed by atoms with Gasteiger partial charge in [-0.25, -0.2) is 9.47 Å². The van der Waals surface area contributed by atoms with E-state index < -0.39 is 11.9 Å².